The third kappa shape index (κ3) is 5.04. The number of ether oxygens (including phenoxy) is 1. The van der Waals surface area contributed by atoms with E-state index < -0.39 is 0 Å². The van der Waals surface area contributed by atoms with Gasteiger partial charge in [0, 0.05) is 6.04 Å². The maximum Gasteiger partial charge on any atom is 0.239 e. The minimum absolute atomic E-state index is 0.0731. The van der Waals surface area contributed by atoms with Gasteiger partial charge < -0.3 is 15.8 Å². The first-order valence-corrected chi connectivity index (χ1v) is 7.61. The van der Waals surface area contributed by atoms with Crippen LogP contribution in [-0.2, 0) is 0 Å². The number of hydrogen-bond donors (Lipinski definition) is 2. The van der Waals surface area contributed by atoms with Gasteiger partial charge in [-0.2, -0.15) is 16.7 Å². The fourth-order valence-corrected chi connectivity index (χ4v) is 2.06. The molecule has 1 aromatic rings. The van der Waals surface area contributed by atoms with Crippen molar-refractivity contribution in [2.24, 2.45) is 0 Å². The molecule has 0 saturated carbocycles. The van der Waals surface area contributed by atoms with E-state index in [-0.39, 0.29) is 6.10 Å². The Morgan fingerprint density at radius 3 is 2.72 bits per heavy atom. The monoisotopic (exact) mass is 269 g/mol. The predicted molar refractivity (Wildman–Crippen MR) is 80.5 cm³/mol. The molecule has 0 radical (unpaired) electrons. The number of aromatic nitrogens is 1. The molecular weight excluding hydrogens is 246 g/mol. The number of pyridine rings is 1. The highest BCUT2D eigenvalue weighted by molar-refractivity contribution is 7.98. The van der Waals surface area contributed by atoms with Crippen molar-refractivity contribution < 1.29 is 4.74 Å². The summed E-state index contributed by atoms with van der Waals surface area (Å²) in [5.74, 6) is 2.46. The first kappa shape index (κ1) is 15.0. The van der Waals surface area contributed by atoms with Crippen molar-refractivity contribution in [3.05, 3.63) is 12.1 Å². The zero-order chi connectivity index (χ0) is 13.5. The van der Waals surface area contributed by atoms with Crippen molar-refractivity contribution in [2.75, 3.05) is 23.1 Å². The summed E-state index contributed by atoms with van der Waals surface area (Å²) in [6.45, 7) is 6.07. The predicted octanol–water partition coefficient (Wildman–Crippen LogP) is 3.00. The van der Waals surface area contributed by atoms with Crippen LogP contribution in [0.25, 0.3) is 0 Å². The normalized spacial score (nSPS) is 12.5. The molecule has 1 atom stereocenters. The van der Waals surface area contributed by atoms with Crippen LogP contribution >= 0.6 is 11.8 Å². The molecule has 0 spiro atoms. The molecule has 0 amide bonds. The van der Waals surface area contributed by atoms with Gasteiger partial charge in [0.15, 0.2) is 0 Å². The molecule has 0 aliphatic carbocycles. The van der Waals surface area contributed by atoms with Gasteiger partial charge in [-0.3, -0.25) is 0 Å². The highest BCUT2D eigenvalue weighted by atomic mass is 32.2. The molecule has 0 aliphatic heterocycles. The number of nitrogens with two attached hydrogens (primary N) is 1. The Balaban J connectivity index is 2.66. The third-order valence-corrected chi connectivity index (χ3v) is 3.03. The molecule has 0 fully saturated rings. The van der Waals surface area contributed by atoms with E-state index >= 15 is 0 Å². The van der Waals surface area contributed by atoms with Gasteiger partial charge >= 0.3 is 0 Å². The van der Waals surface area contributed by atoms with Gasteiger partial charge in [-0.05, 0) is 51.3 Å². The Bertz CT molecular complexity index is 371. The second-order valence-corrected chi connectivity index (χ2v) is 5.57. The van der Waals surface area contributed by atoms with Gasteiger partial charge in [-0.15, -0.1) is 0 Å². The van der Waals surface area contributed by atoms with E-state index in [9.17, 15) is 0 Å². The molecule has 0 bridgehead atoms. The molecule has 1 unspecified atom stereocenters. The molecule has 0 aliphatic rings. The number of nitrogen functional groups attached to an aromatic ring is 1. The average molecular weight is 269 g/mol. The standard InChI is InChI=1S/C13H23N3OS/c1-9(2)17-13-11(14)5-6-12(16-13)15-10(3)7-8-18-4/h5-6,9-10H,7-8,14H2,1-4H3,(H,15,16). The molecule has 0 aromatic carbocycles. The lowest BCUT2D eigenvalue weighted by Gasteiger charge is -2.16. The molecule has 5 heteroatoms. The average Bonchev–Trinajstić information content (AvgIpc) is 2.30. The second kappa shape index (κ2) is 7.36. The Kier molecular flexibility index (Phi) is 6.12. The topological polar surface area (TPSA) is 60.2 Å². The molecule has 102 valence electrons. The molecule has 3 N–H and O–H groups in total. The van der Waals surface area contributed by atoms with Crippen LogP contribution in [0.4, 0.5) is 11.5 Å². The van der Waals surface area contributed by atoms with Gasteiger partial charge in [0.05, 0.1) is 11.8 Å². The van der Waals surface area contributed by atoms with Crippen molar-refractivity contribution in [1.29, 1.82) is 0 Å². The minimum atomic E-state index is 0.0731. The van der Waals surface area contributed by atoms with Crippen molar-refractivity contribution >= 4 is 23.3 Å². The molecular formula is C13H23N3OS. The number of hydrogen-bond acceptors (Lipinski definition) is 5. The van der Waals surface area contributed by atoms with Crippen molar-refractivity contribution in [1.82, 2.24) is 4.98 Å². The minimum Gasteiger partial charge on any atom is -0.473 e. The van der Waals surface area contributed by atoms with Crippen LogP contribution in [0.1, 0.15) is 27.2 Å². The number of nitrogens with zero attached hydrogens (tertiary/aromatic N) is 1. The molecule has 1 rings (SSSR count). The van der Waals surface area contributed by atoms with Gasteiger partial charge in [0.25, 0.3) is 0 Å². The summed E-state index contributed by atoms with van der Waals surface area (Å²) in [6.07, 6.45) is 3.29. The largest absolute Gasteiger partial charge is 0.473 e. The quantitative estimate of drug-likeness (QED) is 0.797. The van der Waals surface area contributed by atoms with Crippen LogP contribution in [0, 0.1) is 0 Å². The van der Waals surface area contributed by atoms with Gasteiger partial charge in [-0.25, -0.2) is 0 Å². The summed E-state index contributed by atoms with van der Waals surface area (Å²) in [5.41, 5.74) is 6.41. The summed E-state index contributed by atoms with van der Waals surface area (Å²) in [7, 11) is 0. The maximum atomic E-state index is 5.83. The second-order valence-electron chi connectivity index (χ2n) is 4.58. The van der Waals surface area contributed by atoms with Crippen molar-refractivity contribution in [3.63, 3.8) is 0 Å². The van der Waals surface area contributed by atoms with E-state index in [2.05, 4.69) is 23.5 Å². The Labute approximate surface area is 114 Å². The third-order valence-electron chi connectivity index (χ3n) is 2.39. The summed E-state index contributed by atoms with van der Waals surface area (Å²) >= 11 is 1.85. The molecule has 4 nitrogen and oxygen atoms in total. The lowest BCUT2D eigenvalue weighted by atomic mass is 10.2. The Morgan fingerprint density at radius 1 is 1.39 bits per heavy atom. The number of thioether (sulfide) groups is 1. The summed E-state index contributed by atoms with van der Waals surface area (Å²) < 4.78 is 5.57. The number of rotatable bonds is 7. The highest BCUT2D eigenvalue weighted by Crippen LogP contribution is 2.22. The van der Waals surface area contributed by atoms with E-state index in [0.717, 1.165) is 18.0 Å². The Morgan fingerprint density at radius 2 is 2.11 bits per heavy atom. The highest BCUT2D eigenvalue weighted by Gasteiger charge is 2.08. The van der Waals surface area contributed by atoms with Crippen molar-refractivity contribution in [3.8, 4) is 5.88 Å². The van der Waals surface area contributed by atoms with E-state index in [4.69, 9.17) is 10.5 Å². The maximum absolute atomic E-state index is 5.83. The van der Waals surface area contributed by atoms with Gasteiger partial charge in [0.2, 0.25) is 5.88 Å². The molecule has 1 aromatic heterocycles. The van der Waals surface area contributed by atoms with Crippen LogP contribution in [0.5, 0.6) is 5.88 Å². The van der Waals surface area contributed by atoms with E-state index in [1.165, 1.54) is 0 Å². The van der Waals surface area contributed by atoms with E-state index in [0.29, 0.717) is 17.6 Å². The van der Waals surface area contributed by atoms with E-state index in [1.54, 1.807) is 0 Å². The van der Waals surface area contributed by atoms with Gasteiger partial charge in [0.1, 0.15) is 5.82 Å². The summed E-state index contributed by atoms with van der Waals surface area (Å²) in [4.78, 5) is 4.40. The lowest BCUT2D eigenvalue weighted by molar-refractivity contribution is 0.234. The molecule has 0 saturated heterocycles. The van der Waals surface area contributed by atoms with Crippen LogP contribution in [0.2, 0.25) is 0 Å². The van der Waals surface area contributed by atoms with Crippen LogP contribution in [0.3, 0.4) is 0 Å². The zero-order valence-corrected chi connectivity index (χ0v) is 12.4. The van der Waals surface area contributed by atoms with Gasteiger partial charge in [-0.1, -0.05) is 0 Å². The first-order chi connectivity index (χ1) is 8.52. The molecule has 1 heterocycles. The first-order valence-electron chi connectivity index (χ1n) is 6.21. The number of nitrogens with one attached hydrogen (secondary N) is 1. The lowest BCUT2D eigenvalue weighted by Crippen LogP contribution is -2.17. The van der Waals surface area contributed by atoms with Crippen LogP contribution in [0.15, 0.2) is 12.1 Å². The fourth-order valence-electron chi connectivity index (χ4n) is 1.47. The van der Waals surface area contributed by atoms with E-state index in [1.807, 2.05) is 37.7 Å². The smallest absolute Gasteiger partial charge is 0.239 e. The van der Waals surface area contributed by atoms with Crippen LogP contribution in [-0.4, -0.2) is 29.1 Å². The SMILES string of the molecule is CSCCC(C)Nc1ccc(N)c(OC(C)C)n1. The summed E-state index contributed by atoms with van der Waals surface area (Å²) in [5, 5.41) is 3.36. The fraction of sp³-hybridized carbons (Fsp3) is 0.615. The zero-order valence-electron chi connectivity index (χ0n) is 11.6. The summed E-state index contributed by atoms with van der Waals surface area (Å²) in [6, 6.07) is 4.10. The number of anilines is 2. The molecule has 18 heavy (non-hydrogen) atoms. The Hall–Kier alpha value is -1.10. The van der Waals surface area contributed by atoms with Crippen molar-refractivity contribution in [2.45, 2.75) is 39.3 Å². The van der Waals surface area contributed by atoms with Crippen LogP contribution < -0.4 is 15.8 Å².